The molecule has 1 amide bonds. The van der Waals surface area contributed by atoms with E-state index in [0.29, 0.717) is 13.0 Å². The number of aryl methyl sites for hydroxylation is 2. The first-order valence-corrected chi connectivity index (χ1v) is 8.76. The molecule has 0 bridgehead atoms. The standard InChI is InChI=1S/C20H25N3O2/c1-16-3-4-17(2)19(15-16)25-14-7-20(24)23-12-10-22(11-13-23)18-5-8-21-9-6-18/h3-6,8-9,15H,7,10-14H2,1-2H3. The molecule has 0 saturated carbocycles. The maximum atomic E-state index is 12.4. The SMILES string of the molecule is Cc1ccc(C)c(OCCC(=O)N2CCN(c3ccncc3)CC2)c1. The zero-order valence-electron chi connectivity index (χ0n) is 14.9. The topological polar surface area (TPSA) is 45.7 Å². The zero-order chi connectivity index (χ0) is 17.6. The molecule has 0 radical (unpaired) electrons. The zero-order valence-corrected chi connectivity index (χ0v) is 14.9. The molecule has 1 aromatic carbocycles. The smallest absolute Gasteiger partial charge is 0.226 e. The number of hydrogen-bond acceptors (Lipinski definition) is 4. The van der Waals surface area contributed by atoms with E-state index in [1.54, 1.807) is 12.4 Å². The summed E-state index contributed by atoms with van der Waals surface area (Å²) in [5.74, 6) is 1.04. The van der Waals surface area contributed by atoms with Gasteiger partial charge in [-0.3, -0.25) is 9.78 Å². The van der Waals surface area contributed by atoms with Crippen molar-refractivity contribution in [2.24, 2.45) is 0 Å². The normalized spacial score (nSPS) is 14.5. The van der Waals surface area contributed by atoms with Crippen molar-refractivity contribution >= 4 is 11.6 Å². The van der Waals surface area contributed by atoms with Crippen LogP contribution in [-0.4, -0.2) is 48.6 Å². The van der Waals surface area contributed by atoms with E-state index in [9.17, 15) is 4.79 Å². The van der Waals surface area contributed by atoms with E-state index in [0.717, 1.165) is 37.5 Å². The Morgan fingerprint density at radius 2 is 1.80 bits per heavy atom. The fourth-order valence-electron chi connectivity index (χ4n) is 3.04. The van der Waals surface area contributed by atoms with Crippen molar-refractivity contribution in [1.29, 1.82) is 0 Å². The van der Waals surface area contributed by atoms with E-state index < -0.39 is 0 Å². The van der Waals surface area contributed by atoms with Gasteiger partial charge in [-0.15, -0.1) is 0 Å². The van der Waals surface area contributed by atoms with Crippen molar-refractivity contribution in [3.8, 4) is 5.75 Å². The van der Waals surface area contributed by atoms with E-state index in [2.05, 4.69) is 16.0 Å². The molecule has 2 heterocycles. The molecule has 0 aliphatic carbocycles. The Morgan fingerprint density at radius 1 is 1.08 bits per heavy atom. The molecule has 1 aliphatic rings. The summed E-state index contributed by atoms with van der Waals surface area (Å²) in [7, 11) is 0. The maximum Gasteiger partial charge on any atom is 0.226 e. The maximum absolute atomic E-state index is 12.4. The second kappa shape index (κ2) is 8.01. The number of piperazine rings is 1. The molecule has 1 aromatic heterocycles. The Labute approximate surface area is 149 Å². The molecule has 2 aromatic rings. The lowest BCUT2D eigenvalue weighted by Gasteiger charge is -2.36. The monoisotopic (exact) mass is 339 g/mol. The van der Waals surface area contributed by atoms with Crippen LogP contribution in [0.25, 0.3) is 0 Å². The number of hydrogen-bond donors (Lipinski definition) is 0. The summed E-state index contributed by atoms with van der Waals surface area (Å²) in [6.45, 7) is 7.71. The van der Waals surface area contributed by atoms with Gasteiger partial charge in [0.2, 0.25) is 5.91 Å². The summed E-state index contributed by atoms with van der Waals surface area (Å²) in [5, 5.41) is 0. The summed E-state index contributed by atoms with van der Waals surface area (Å²) in [6, 6.07) is 10.2. The van der Waals surface area contributed by atoms with E-state index in [4.69, 9.17) is 4.74 Å². The van der Waals surface area contributed by atoms with Crippen molar-refractivity contribution in [3.05, 3.63) is 53.9 Å². The molecule has 5 nitrogen and oxygen atoms in total. The fraction of sp³-hybridized carbons (Fsp3) is 0.400. The number of anilines is 1. The second-order valence-corrected chi connectivity index (χ2v) is 6.44. The van der Waals surface area contributed by atoms with Crippen molar-refractivity contribution in [2.75, 3.05) is 37.7 Å². The van der Waals surface area contributed by atoms with E-state index in [1.165, 1.54) is 11.3 Å². The van der Waals surface area contributed by atoms with Crippen LogP contribution in [0.3, 0.4) is 0 Å². The van der Waals surface area contributed by atoms with Gasteiger partial charge in [0, 0.05) is 44.3 Å². The summed E-state index contributed by atoms with van der Waals surface area (Å²) >= 11 is 0. The number of amides is 1. The number of rotatable bonds is 5. The first kappa shape index (κ1) is 17.3. The van der Waals surface area contributed by atoms with Gasteiger partial charge in [-0.25, -0.2) is 0 Å². The fourth-order valence-corrected chi connectivity index (χ4v) is 3.04. The molecule has 1 fully saturated rings. The lowest BCUT2D eigenvalue weighted by atomic mass is 10.1. The third-order valence-electron chi connectivity index (χ3n) is 4.58. The highest BCUT2D eigenvalue weighted by molar-refractivity contribution is 5.76. The average Bonchev–Trinajstić information content (AvgIpc) is 2.65. The molecular formula is C20H25N3O2. The summed E-state index contributed by atoms with van der Waals surface area (Å²) in [6.07, 6.45) is 4.03. The van der Waals surface area contributed by atoms with Crippen molar-refractivity contribution in [3.63, 3.8) is 0 Å². The van der Waals surface area contributed by atoms with E-state index in [-0.39, 0.29) is 5.91 Å². The minimum absolute atomic E-state index is 0.166. The van der Waals surface area contributed by atoms with Crippen LogP contribution in [0.2, 0.25) is 0 Å². The molecule has 1 aliphatic heterocycles. The number of benzene rings is 1. The minimum atomic E-state index is 0.166. The van der Waals surface area contributed by atoms with Gasteiger partial charge < -0.3 is 14.5 Å². The Kier molecular flexibility index (Phi) is 5.53. The Balaban J connectivity index is 1.44. The van der Waals surface area contributed by atoms with Gasteiger partial charge in [0.05, 0.1) is 13.0 Å². The molecular weight excluding hydrogens is 314 g/mol. The molecule has 25 heavy (non-hydrogen) atoms. The summed E-state index contributed by atoms with van der Waals surface area (Å²) in [4.78, 5) is 20.7. The number of nitrogens with zero attached hydrogens (tertiary/aromatic N) is 3. The van der Waals surface area contributed by atoms with Gasteiger partial charge >= 0.3 is 0 Å². The van der Waals surface area contributed by atoms with Gasteiger partial charge in [0.15, 0.2) is 0 Å². The quantitative estimate of drug-likeness (QED) is 0.840. The molecule has 3 rings (SSSR count). The molecule has 132 valence electrons. The van der Waals surface area contributed by atoms with Crippen molar-refractivity contribution < 1.29 is 9.53 Å². The van der Waals surface area contributed by atoms with Crippen LogP contribution in [0, 0.1) is 13.8 Å². The highest BCUT2D eigenvalue weighted by Gasteiger charge is 2.21. The van der Waals surface area contributed by atoms with Crippen LogP contribution in [0.4, 0.5) is 5.69 Å². The molecule has 0 atom stereocenters. The van der Waals surface area contributed by atoms with Crippen LogP contribution in [0.15, 0.2) is 42.7 Å². The average molecular weight is 339 g/mol. The molecule has 5 heteroatoms. The number of carbonyl (C=O) groups is 1. The van der Waals surface area contributed by atoms with Crippen LogP contribution < -0.4 is 9.64 Å². The van der Waals surface area contributed by atoms with Crippen LogP contribution in [-0.2, 0) is 4.79 Å². The summed E-state index contributed by atoms with van der Waals surface area (Å²) in [5.41, 5.74) is 3.43. The Bertz CT molecular complexity index is 710. The lowest BCUT2D eigenvalue weighted by molar-refractivity contribution is -0.132. The molecule has 0 unspecified atom stereocenters. The van der Waals surface area contributed by atoms with Gasteiger partial charge in [-0.1, -0.05) is 12.1 Å². The van der Waals surface area contributed by atoms with Crippen LogP contribution >= 0.6 is 0 Å². The molecule has 0 N–H and O–H groups in total. The summed E-state index contributed by atoms with van der Waals surface area (Å²) < 4.78 is 5.80. The number of aromatic nitrogens is 1. The van der Waals surface area contributed by atoms with Crippen molar-refractivity contribution in [1.82, 2.24) is 9.88 Å². The largest absolute Gasteiger partial charge is 0.493 e. The highest BCUT2D eigenvalue weighted by atomic mass is 16.5. The van der Waals surface area contributed by atoms with Gasteiger partial charge in [-0.2, -0.15) is 0 Å². The minimum Gasteiger partial charge on any atom is -0.493 e. The second-order valence-electron chi connectivity index (χ2n) is 6.44. The third kappa shape index (κ3) is 4.50. The Hall–Kier alpha value is -2.56. The first-order chi connectivity index (χ1) is 12.1. The number of pyridine rings is 1. The van der Waals surface area contributed by atoms with Crippen LogP contribution in [0.5, 0.6) is 5.75 Å². The molecule has 0 spiro atoms. The number of ether oxygens (including phenoxy) is 1. The van der Waals surface area contributed by atoms with Gasteiger partial charge in [0.25, 0.3) is 0 Å². The van der Waals surface area contributed by atoms with E-state index in [1.807, 2.05) is 43.0 Å². The third-order valence-corrected chi connectivity index (χ3v) is 4.58. The van der Waals surface area contributed by atoms with Crippen molar-refractivity contribution in [2.45, 2.75) is 20.3 Å². The van der Waals surface area contributed by atoms with Gasteiger partial charge in [0.1, 0.15) is 5.75 Å². The first-order valence-electron chi connectivity index (χ1n) is 8.76. The Morgan fingerprint density at radius 3 is 2.52 bits per heavy atom. The molecule has 1 saturated heterocycles. The van der Waals surface area contributed by atoms with Gasteiger partial charge in [-0.05, 0) is 43.2 Å². The predicted molar refractivity (Wildman–Crippen MR) is 99.1 cm³/mol. The number of carbonyl (C=O) groups excluding carboxylic acids is 1. The van der Waals surface area contributed by atoms with Crippen LogP contribution in [0.1, 0.15) is 17.5 Å². The highest BCUT2D eigenvalue weighted by Crippen LogP contribution is 2.19. The van der Waals surface area contributed by atoms with E-state index >= 15 is 0 Å². The lowest BCUT2D eigenvalue weighted by Crippen LogP contribution is -2.49. The predicted octanol–water partition coefficient (Wildman–Crippen LogP) is 2.82.